The molecule has 1 heterocycles. The summed E-state index contributed by atoms with van der Waals surface area (Å²) in [5.74, 6) is 0.261. The summed E-state index contributed by atoms with van der Waals surface area (Å²) in [7, 11) is 0. The fourth-order valence-corrected chi connectivity index (χ4v) is 3.92. The Kier molecular flexibility index (Phi) is 9.00. The van der Waals surface area contributed by atoms with E-state index in [1.165, 1.54) is 0 Å². The van der Waals surface area contributed by atoms with E-state index < -0.39 is 5.97 Å². The van der Waals surface area contributed by atoms with Gasteiger partial charge in [0, 0.05) is 12.5 Å². The fourth-order valence-electron chi connectivity index (χ4n) is 3.60. The van der Waals surface area contributed by atoms with Crippen molar-refractivity contribution in [2.75, 3.05) is 6.61 Å². The maximum Gasteiger partial charge on any atom is 0.329 e. The molecule has 1 aromatic heterocycles. The third-order valence-electron chi connectivity index (χ3n) is 4.80. The van der Waals surface area contributed by atoms with E-state index in [4.69, 9.17) is 38.0 Å². The molecule has 0 spiro atoms. The van der Waals surface area contributed by atoms with Crippen LogP contribution in [0.2, 0.25) is 10.0 Å². The van der Waals surface area contributed by atoms with Crippen molar-refractivity contribution in [3.63, 3.8) is 0 Å². The monoisotopic (exact) mass is 440 g/mol. The number of carbonyl (C=O) groups is 1. The first-order valence-corrected chi connectivity index (χ1v) is 11.0. The summed E-state index contributed by atoms with van der Waals surface area (Å²) >= 11 is 12.2. The SMILES string of the molecule is CC.CC(C)c1nc2c(n1Cc1ccc(Cl)c(Cl)c1)C(OCC(=O)O)CCCC2. The maximum absolute atomic E-state index is 11.0. The number of hydrogen-bond acceptors (Lipinski definition) is 3. The van der Waals surface area contributed by atoms with Crippen LogP contribution in [-0.4, -0.2) is 27.2 Å². The van der Waals surface area contributed by atoms with Crippen LogP contribution < -0.4 is 0 Å². The van der Waals surface area contributed by atoms with Crippen molar-refractivity contribution in [3.8, 4) is 0 Å². The van der Waals surface area contributed by atoms with Crippen molar-refractivity contribution in [1.82, 2.24) is 9.55 Å². The van der Waals surface area contributed by atoms with Gasteiger partial charge in [0.05, 0.1) is 21.4 Å². The summed E-state index contributed by atoms with van der Waals surface area (Å²) in [5, 5.41) is 10.1. The van der Waals surface area contributed by atoms with Gasteiger partial charge in [-0.25, -0.2) is 9.78 Å². The van der Waals surface area contributed by atoms with Crippen molar-refractivity contribution >= 4 is 29.2 Å². The van der Waals surface area contributed by atoms with Gasteiger partial charge in [0.2, 0.25) is 0 Å². The predicted molar refractivity (Wildman–Crippen MR) is 117 cm³/mol. The number of aryl methyl sites for hydroxylation is 1. The van der Waals surface area contributed by atoms with Crippen LogP contribution >= 0.6 is 23.2 Å². The molecule has 2 aromatic rings. The van der Waals surface area contributed by atoms with E-state index in [1.807, 2.05) is 26.0 Å². The van der Waals surface area contributed by atoms with Gasteiger partial charge in [-0.1, -0.05) is 63.4 Å². The predicted octanol–water partition coefficient (Wildman–Crippen LogP) is 6.26. The first kappa shape index (κ1) is 23.7. The molecule has 3 rings (SSSR count). The number of aromatic nitrogens is 2. The number of benzene rings is 1. The molecule has 0 radical (unpaired) electrons. The summed E-state index contributed by atoms with van der Waals surface area (Å²) < 4.78 is 7.94. The molecule has 29 heavy (non-hydrogen) atoms. The van der Waals surface area contributed by atoms with Crippen LogP contribution in [0.1, 0.15) is 81.8 Å². The van der Waals surface area contributed by atoms with Gasteiger partial charge in [0.25, 0.3) is 0 Å². The van der Waals surface area contributed by atoms with E-state index in [1.54, 1.807) is 6.07 Å². The minimum absolute atomic E-state index is 0.236. The van der Waals surface area contributed by atoms with Gasteiger partial charge >= 0.3 is 5.97 Å². The number of halogens is 2. The van der Waals surface area contributed by atoms with Crippen LogP contribution in [0.3, 0.4) is 0 Å². The van der Waals surface area contributed by atoms with Crippen molar-refractivity contribution in [2.45, 2.75) is 71.9 Å². The lowest BCUT2D eigenvalue weighted by Gasteiger charge is -2.21. The van der Waals surface area contributed by atoms with E-state index in [2.05, 4.69) is 18.4 Å². The van der Waals surface area contributed by atoms with E-state index in [0.717, 1.165) is 48.5 Å². The molecule has 0 bridgehead atoms. The average molecular weight is 441 g/mol. The zero-order chi connectivity index (χ0) is 21.6. The number of hydrogen-bond donors (Lipinski definition) is 1. The number of nitrogens with zero attached hydrogens (tertiary/aromatic N) is 2. The van der Waals surface area contributed by atoms with Gasteiger partial charge < -0.3 is 14.4 Å². The van der Waals surface area contributed by atoms with Crippen LogP contribution in [0.15, 0.2) is 18.2 Å². The fraction of sp³-hybridized carbons (Fsp3) is 0.545. The molecule has 160 valence electrons. The van der Waals surface area contributed by atoms with Gasteiger partial charge in [0.15, 0.2) is 0 Å². The van der Waals surface area contributed by atoms with Crippen LogP contribution in [0.5, 0.6) is 0 Å². The van der Waals surface area contributed by atoms with Crippen LogP contribution in [0.4, 0.5) is 0 Å². The lowest BCUT2D eigenvalue weighted by atomic mass is 10.1. The van der Waals surface area contributed by atoms with Crippen LogP contribution in [0, 0.1) is 0 Å². The third-order valence-corrected chi connectivity index (χ3v) is 5.54. The van der Waals surface area contributed by atoms with Crippen LogP contribution in [-0.2, 0) is 22.5 Å². The Morgan fingerprint density at radius 1 is 1.28 bits per heavy atom. The number of fused-ring (bicyclic) bond motifs is 1. The van der Waals surface area contributed by atoms with E-state index in [-0.39, 0.29) is 18.6 Å². The highest BCUT2D eigenvalue weighted by Crippen LogP contribution is 2.35. The molecule has 0 fully saturated rings. The molecule has 5 nitrogen and oxygen atoms in total. The number of aliphatic carboxylic acids is 1. The lowest BCUT2D eigenvalue weighted by Crippen LogP contribution is -2.18. The van der Waals surface area contributed by atoms with Crippen molar-refractivity contribution in [1.29, 1.82) is 0 Å². The molecule has 1 aromatic carbocycles. The smallest absolute Gasteiger partial charge is 0.329 e. The molecule has 0 saturated heterocycles. The third kappa shape index (κ3) is 5.97. The molecule has 0 amide bonds. The number of ether oxygens (including phenoxy) is 1. The van der Waals surface area contributed by atoms with Gasteiger partial charge in [-0.3, -0.25) is 0 Å². The maximum atomic E-state index is 11.0. The van der Waals surface area contributed by atoms with E-state index in [9.17, 15) is 4.79 Å². The average Bonchev–Trinajstić information content (AvgIpc) is 2.91. The Morgan fingerprint density at radius 3 is 2.62 bits per heavy atom. The minimum atomic E-state index is -0.958. The minimum Gasteiger partial charge on any atom is -0.480 e. The Bertz CT molecular complexity index is 834. The quantitative estimate of drug-likeness (QED) is 0.538. The highest BCUT2D eigenvalue weighted by Gasteiger charge is 2.28. The summed E-state index contributed by atoms with van der Waals surface area (Å²) in [4.78, 5) is 15.9. The number of imidazole rings is 1. The highest BCUT2D eigenvalue weighted by atomic mass is 35.5. The molecule has 1 unspecified atom stereocenters. The van der Waals surface area contributed by atoms with E-state index >= 15 is 0 Å². The molecular weight excluding hydrogens is 411 g/mol. The summed E-state index contributed by atoms with van der Waals surface area (Å²) in [6.45, 7) is 8.51. The largest absolute Gasteiger partial charge is 0.480 e. The Morgan fingerprint density at radius 2 is 2.00 bits per heavy atom. The molecule has 0 aliphatic heterocycles. The zero-order valence-corrected chi connectivity index (χ0v) is 19.1. The Balaban J connectivity index is 0.00000145. The first-order chi connectivity index (χ1) is 13.9. The second-order valence-electron chi connectivity index (χ2n) is 7.23. The topological polar surface area (TPSA) is 64.4 Å². The molecule has 7 heteroatoms. The van der Waals surface area contributed by atoms with Gasteiger partial charge in [-0.2, -0.15) is 0 Å². The number of carboxylic acid groups (broad SMARTS) is 1. The number of rotatable bonds is 6. The summed E-state index contributed by atoms with van der Waals surface area (Å²) in [5.41, 5.74) is 3.04. The zero-order valence-electron chi connectivity index (χ0n) is 17.5. The summed E-state index contributed by atoms with van der Waals surface area (Å²) in [6, 6.07) is 5.61. The molecule has 0 saturated carbocycles. The van der Waals surface area contributed by atoms with Gasteiger partial charge in [-0.15, -0.1) is 0 Å². The normalized spacial score (nSPS) is 16.0. The summed E-state index contributed by atoms with van der Waals surface area (Å²) in [6.07, 6.45) is 3.44. The van der Waals surface area contributed by atoms with E-state index in [0.29, 0.717) is 16.6 Å². The van der Waals surface area contributed by atoms with Crippen molar-refractivity contribution in [3.05, 3.63) is 51.0 Å². The molecule has 1 N–H and O–H groups in total. The first-order valence-electron chi connectivity index (χ1n) is 10.2. The molecule has 1 aliphatic carbocycles. The highest BCUT2D eigenvalue weighted by molar-refractivity contribution is 6.42. The Labute approximate surface area is 183 Å². The van der Waals surface area contributed by atoms with Crippen molar-refractivity contribution < 1.29 is 14.6 Å². The van der Waals surface area contributed by atoms with Crippen LogP contribution in [0.25, 0.3) is 0 Å². The number of carboxylic acids is 1. The van der Waals surface area contributed by atoms with Gasteiger partial charge in [-0.05, 0) is 37.0 Å². The van der Waals surface area contributed by atoms with Gasteiger partial charge in [0.1, 0.15) is 18.5 Å². The molecule has 1 atom stereocenters. The second kappa shape index (κ2) is 11.0. The van der Waals surface area contributed by atoms with Crippen molar-refractivity contribution in [2.24, 2.45) is 0 Å². The molecular formula is C22H30Cl2N2O3. The second-order valence-corrected chi connectivity index (χ2v) is 8.04. The molecule has 1 aliphatic rings. The Hall–Kier alpha value is -1.56. The lowest BCUT2D eigenvalue weighted by molar-refractivity contribution is -0.144. The standard InChI is InChI=1S/C20H24Cl2N2O3.C2H6/c1-12(2)20-23-16-5-3-4-6-17(27-11-18(25)26)19(16)24(20)10-13-7-8-14(21)15(22)9-13;1-2/h7-9,12,17H,3-6,10-11H2,1-2H3,(H,25,26);1-2H3.